The fraction of sp³-hybridized carbons (Fsp3) is 0.294. The molecule has 0 saturated heterocycles. The van der Waals surface area contributed by atoms with Gasteiger partial charge in [0.1, 0.15) is 17.3 Å². The minimum atomic E-state index is -0.769. The van der Waals surface area contributed by atoms with Crippen molar-refractivity contribution in [2.24, 2.45) is 11.1 Å². The summed E-state index contributed by atoms with van der Waals surface area (Å²) >= 11 is 1.73. The first-order valence-electron chi connectivity index (χ1n) is 14.0. The molecule has 2 N–H and O–H groups in total. The minimum absolute atomic E-state index is 0.00296. The third-order valence-electron chi connectivity index (χ3n) is 8.24. The minimum Gasteiger partial charge on any atom is -0.384 e. The summed E-state index contributed by atoms with van der Waals surface area (Å²) in [7, 11) is 0. The Morgan fingerprint density at radius 1 is 1.14 bits per heavy atom. The molecule has 1 aliphatic carbocycles. The number of anilines is 1. The highest BCUT2D eigenvalue weighted by atomic mass is 32.2. The number of rotatable bonds is 6. The highest BCUT2D eigenvalue weighted by Gasteiger charge is 2.46. The van der Waals surface area contributed by atoms with Gasteiger partial charge in [0.05, 0.1) is 28.5 Å². The van der Waals surface area contributed by atoms with Crippen LogP contribution in [0.15, 0.2) is 82.2 Å². The number of nitriles is 1. The molecule has 1 aliphatic heterocycles. The zero-order valence-corrected chi connectivity index (χ0v) is 25.6. The summed E-state index contributed by atoms with van der Waals surface area (Å²) in [5.74, 6) is -0.943. The van der Waals surface area contributed by atoms with Crippen molar-refractivity contribution < 1.29 is 14.1 Å². The van der Waals surface area contributed by atoms with Crippen LogP contribution in [0.5, 0.6) is 0 Å². The molecule has 0 amide bonds. The molecule has 1 unspecified atom stereocenters. The van der Waals surface area contributed by atoms with Crippen molar-refractivity contribution >= 4 is 28.9 Å². The summed E-state index contributed by atoms with van der Waals surface area (Å²) in [5.41, 5.74) is 11.9. The van der Waals surface area contributed by atoms with Crippen LogP contribution in [-0.4, -0.2) is 10.7 Å². The van der Waals surface area contributed by atoms with Crippen LogP contribution in [0, 0.1) is 53.4 Å². The number of Topliss-reactive ketones (excluding diaryl/α,β-unsaturated/α-hetero) is 1. The van der Waals surface area contributed by atoms with Crippen molar-refractivity contribution in [1.82, 2.24) is 0 Å². The van der Waals surface area contributed by atoms with E-state index in [1.54, 1.807) is 11.8 Å². The lowest BCUT2D eigenvalue weighted by Gasteiger charge is -2.43. The van der Waals surface area contributed by atoms with Crippen LogP contribution in [0.25, 0.3) is 0 Å². The van der Waals surface area contributed by atoms with E-state index in [0.29, 0.717) is 23.4 Å². The zero-order chi connectivity index (χ0) is 31.2. The van der Waals surface area contributed by atoms with Gasteiger partial charge in [-0.2, -0.15) is 5.26 Å². The fourth-order valence-electron chi connectivity index (χ4n) is 6.21. The maximum atomic E-state index is 14.1. The van der Waals surface area contributed by atoms with Crippen molar-refractivity contribution in [3.8, 4) is 6.07 Å². The molecule has 0 radical (unpaired) electrons. The third-order valence-corrected chi connectivity index (χ3v) is 9.47. The molecular weight excluding hydrogens is 563 g/mol. The number of benzene rings is 3. The fourth-order valence-corrected chi connectivity index (χ4v) is 7.30. The largest absolute Gasteiger partial charge is 0.384 e. The monoisotopic (exact) mass is 596 g/mol. The molecule has 3 aromatic carbocycles. The summed E-state index contributed by atoms with van der Waals surface area (Å²) in [6.07, 6.45) is 0.639. The molecule has 1 heterocycles. The summed E-state index contributed by atoms with van der Waals surface area (Å²) in [6.45, 7) is 9.98. The Hall–Kier alpha value is -4.42. The third kappa shape index (κ3) is 5.55. The van der Waals surface area contributed by atoms with E-state index >= 15 is 0 Å². The number of allylic oxidation sites excluding steroid dienone is 3. The lowest BCUT2D eigenvalue weighted by atomic mass is 9.68. The molecule has 43 heavy (non-hydrogen) atoms. The normalized spacial score (nSPS) is 18.0. The van der Waals surface area contributed by atoms with E-state index in [1.165, 1.54) is 21.4 Å². The summed E-state index contributed by atoms with van der Waals surface area (Å²) in [6, 6.07) is 17.8. The van der Waals surface area contributed by atoms with Gasteiger partial charge in [0, 0.05) is 28.3 Å². The second-order valence-corrected chi connectivity index (χ2v) is 13.1. The first-order valence-corrected chi connectivity index (χ1v) is 15.0. The number of hydrogen-bond donors (Lipinski definition) is 1. The Bertz CT molecular complexity index is 1790. The SMILES string of the molecule is Cc1cc(CSc2ccccc2C)c(C)c(C2C(C#N)=C(N)N(c3ccc(F)cc3[N+](=O)[O-])C3=C2C(=O)CC(C)(C)C3)c1. The van der Waals surface area contributed by atoms with Gasteiger partial charge in [0.25, 0.3) is 5.69 Å². The van der Waals surface area contributed by atoms with E-state index in [1.807, 2.05) is 45.9 Å². The predicted octanol–water partition coefficient (Wildman–Crippen LogP) is 7.89. The molecule has 1 atom stereocenters. The van der Waals surface area contributed by atoms with E-state index in [-0.39, 0.29) is 29.3 Å². The standard InChI is InChI=1S/C34H33FN4O3S/c1-19-12-22(18-43-30-9-7-6-8-20(30)2)21(3)24(13-19)31-25(17-36)33(37)38(26-11-10-23(35)14-27(26)39(41)42)28-15-34(4,5)16-29(40)32(28)31/h6-14,31H,15-16,18,37H2,1-5H3. The quantitative estimate of drug-likeness (QED) is 0.175. The first kappa shape index (κ1) is 30.1. The molecule has 0 aromatic heterocycles. The van der Waals surface area contributed by atoms with E-state index in [2.05, 4.69) is 31.2 Å². The topological polar surface area (TPSA) is 113 Å². The van der Waals surface area contributed by atoms with Crippen LogP contribution in [0.2, 0.25) is 0 Å². The maximum absolute atomic E-state index is 14.1. The van der Waals surface area contributed by atoms with E-state index in [9.17, 15) is 24.6 Å². The molecule has 9 heteroatoms. The average molecular weight is 597 g/mol. The van der Waals surface area contributed by atoms with Crippen LogP contribution in [0.1, 0.15) is 60.4 Å². The highest BCUT2D eigenvalue weighted by molar-refractivity contribution is 7.98. The Morgan fingerprint density at radius 3 is 2.53 bits per heavy atom. The Labute approximate surface area is 255 Å². The van der Waals surface area contributed by atoms with Gasteiger partial charge in [-0.3, -0.25) is 19.8 Å². The van der Waals surface area contributed by atoms with Gasteiger partial charge < -0.3 is 5.73 Å². The first-order chi connectivity index (χ1) is 20.3. The number of aryl methyl sites for hydroxylation is 2. The number of thioether (sulfide) groups is 1. The number of ketones is 1. The Morgan fingerprint density at radius 2 is 1.86 bits per heavy atom. The molecule has 0 bridgehead atoms. The molecule has 0 fully saturated rings. The van der Waals surface area contributed by atoms with Crippen molar-refractivity contribution in [2.75, 3.05) is 4.90 Å². The number of carbonyl (C=O) groups excluding carboxylic acids is 1. The van der Waals surface area contributed by atoms with Crippen LogP contribution < -0.4 is 10.6 Å². The molecule has 0 saturated carbocycles. The number of hydrogen-bond acceptors (Lipinski definition) is 7. The number of nitrogens with zero attached hydrogens (tertiary/aromatic N) is 3. The second kappa shape index (κ2) is 11.3. The maximum Gasteiger partial charge on any atom is 0.296 e. The molecule has 0 spiro atoms. The molecule has 2 aliphatic rings. The summed E-state index contributed by atoms with van der Waals surface area (Å²) in [4.78, 5) is 28.0. The van der Waals surface area contributed by atoms with Crippen LogP contribution in [0.4, 0.5) is 15.8 Å². The van der Waals surface area contributed by atoms with Crippen molar-refractivity contribution in [3.63, 3.8) is 0 Å². The lowest BCUT2D eigenvalue weighted by Crippen LogP contribution is -2.42. The second-order valence-electron chi connectivity index (χ2n) is 12.1. The molecular formula is C34H33FN4O3S. The lowest BCUT2D eigenvalue weighted by molar-refractivity contribution is -0.384. The van der Waals surface area contributed by atoms with Gasteiger partial charge in [-0.25, -0.2) is 4.39 Å². The smallest absolute Gasteiger partial charge is 0.296 e. The van der Waals surface area contributed by atoms with Gasteiger partial charge in [0.15, 0.2) is 5.78 Å². The average Bonchev–Trinajstić information content (AvgIpc) is 2.93. The number of halogens is 1. The van der Waals surface area contributed by atoms with E-state index < -0.39 is 27.8 Å². The number of nitrogens with two attached hydrogens (primary N) is 1. The highest BCUT2D eigenvalue weighted by Crippen LogP contribution is 2.52. The van der Waals surface area contributed by atoms with Crippen molar-refractivity contribution in [2.45, 2.75) is 64.0 Å². The van der Waals surface area contributed by atoms with Gasteiger partial charge in [-0.15, -0.1) is 11.8 Å². The predicted molar refractivity (Wildman–Crippen MR) is 167 cm³/mol. The molecule has 7 nitrogen and oxygen atoms in total. The Kier molecular flexibility index (Phi) is 7.93. The van der Waals surface area contributed by atoms with Crippen molar-refractivity contribution in [3.05, 3.63) is 121 Å². The van der Waals surface area contributed by atoms with Gasteiger partial charge in [-0.05, 0) is 73.1 Å². The number of carbonyl (C=O) groups is 1. The molecule has 3 aromatic rings. The summed E-state index contributed by atoms with van der Waals surface area (Å²) in [5, 5.41) is 22.5. The van der Waals surface area contributed by atoms with E-state index in [0.717, 1.165) is 34.4 Å². The van der Waals surface area contributed by atoms with Crippen molar-refractivity contribution in [1.29, 1.82) is 5.26 Å². The Balaban J connectivity index is 1.72. The number of nitro groups is 1. The van der Waals surface area contributed by atoms with Gasteiger partial charge in [-0.1, -0.05) is 49.7 Å². The molecule has 220 valence electrons. The van der Waals surface area contributed by atoms with Crippen LogP contribution in [-0.2, 0) is 10.5 Å². The zero-order valence-electron chi connectivity index (χ0n) is 24.8. The van der Waals surface area contributed by atoms with Gasteiger partial charge >= 0.3 is 0 Å². The summed E-state index contributed by atoms with van der Waals surface area (Å²) < 4.78 is 14.1. The van der Waals surface area contributed by atoms with Gasteiger partial charge in [0.2, 0.25) is 0 Å². The van der Waals surface area contributed by atoms with Crippen LogP contribution in [0.3, 0.4) is 0 Å². The number of nitro benzene ring substituents is 1. The van der Waals surface area contributed by atoms with E-state index in [4.69, 9.17) is 5.73 Å². The molecule has 5 rings (SSSR count). The van der Waals surface area contributed by atoms with Crippen LogP contribution >= 0.6 is 11.8 Å².